The Balaban J connectivity index is 1.48. The molecule has 45 heavy (non-hydrogen) atoms. The number of carbonyl (C=O) groups is 2. The quantitative estimate of drug-likeness (QED) is 0.221. The molecule has 0 unspecified atom stereocenters. The van der Waals surface area contributed by atoms with E-state index in [0.717, 1.165) is 11.1 Å². The molecule has 1 aliphatic heterocycles. The van der Waals surface area contributed by atoms with E-state index in [4.69, 9.17) is 24.1 Å². The number of carbonyl (C=O) groups excluding carboxylic acids is 1. The van der Waals surface area contributed by atoms with E-state index in [2.05, 4.69) is 20.9 Å². The van der Waals surface area contributed by atoms with Crippen molar-refractivity contribution in [3.8, 4) is 17.2 Å². The summed E-state index contributed by atoms with van der Waals surface area (Å²) >= 11 is 4.76. The molecule has 1 N–H and O–H groups in total. The molecule has 3 aromatic carbocycles. The monoisotopic (exact) mass is 692 g/mol. The van der Waals surface area contributed by atoms with E-state index >= 15 is 0 Å². The van der Waals surface area contributed by atoms with Crippen LogP contribution in [0.4, 0.5) is 0 Å². The van der Waals surface area contributed by atoms with Crippen LogP contribution in [0.2, 0.25) is 0 Å². The topological polar surface area (TPSA) is 126 Å². The van der Waals surface area contributed by atoms with Crippen LogP contribution in [0.15, 0.2) is 86.7 Å². The van der Waals surface area contributed by atoms with Gasteiger partial charge in [-0.3, -0.25) is 9.36 Å². The number of hydrogen-bond donors (Lipinski definition) is 1. The van der Waals surface area contributed by atoms with Crippen LogP contribution in [0.1, 0.15) is 46.9 Å². The second kappa shape index (κ2) is 14.0. The normalized spacial score (nSPS) is 14.2. The van der Waals surface area contributed by atoms with Gasteiger partial charge >= 0.3 is 11.9 Å². The van der Waals surface area contributed by atoms with E-state index in [1.165, 1.54) is 41.3 Å². The fraction of sp³-hybridized carbons (Fsp3) is 0.212. The Kier molecular flexibility index (Phi) is 9.84. The molecule has 0 spiro atoms. The molecule has 1 aromatic heterocycles. The number of ether oxygens (including phenoxy) is 4. The summed E-state index contributed by atoms with van der Waals surface area (Å²) in [5.41, 5.74) is 2.31. The first-order valence-electron chi connectivity index (χ1n) is 14.0. The van der Waals surface area contributed by atoms with Crippen molar-refractivity contribution in [3.63, 3.8) is 0 Å². The molecule has 0 fully saturated rings. The van der Waals surface area contributed by atoms with Gasteiger partial charge in [0.15, 0.2) is 16.3 Å². The fourth-order valence-corrected chi connectivity index (χ4v) is 6.25. The maximum atomic E-state index is 13.9. The number of aromatic nitrogens is 1. The number of fused-ring (bicyclic) bond motifs is 1. The maximum absolute atomic E-state index is 13.9. The van der Waals surface area contributed by atoms with Crippen LogP contribution in [-0.4, -0.2) is 41.9 Å². The van der Waals surface area contributed by atoms with Crippen molar-refractivity contribution in [1.29, 1.82) is 0 Å². The Hall–Kier alpha value is -4.68. The summed E-state index contributed by atoms with van der Waals surface area (Å²) in [4.78, 5) is 42.7. The molecule has 12 heteroatoms. The van der Waals surface area contributed by atoms with E-state index < -0.39 is 18.0 Å². The molecule has 0 aliphatic carbocycles. The van der Waals surface area contributed by atoms with E-state index in [9.17, 15) is 14.4 Å². The number of benzene rings is 3. The average Bonchev–Trinajstić information content (AvgIpc) is 3.35. The Morgan fingerprint density at radius 1 is 0.978 bits per heavy atom. The van der Waals surface area contributed by atoms with E-state index in [1.54, 1.807) is 42.5 Å². The van der Waals surface area contributed by atoms with Crippen LogP contribution in [0.25, 0.3) is 6.08 Å². The lowest BCUT2D eigenvalue weighted by Gasteiger charge is -2.23. The third-order valence-electron chi connectivity index (χ3n) is 6.86. The first kappa shape index (κ1) is 31.7. The zero-order chi connectivity index (χ0) is 32.1. The molecule has 0 amide bonds. The van der Waals surface area contributed by atoms with Crippen molar-refractivity contribution in [3.05, 3.63) is 119 Å². The lowest BCUT2D eigenvalue weighted by atomic mass is 9.97. The fourth-order valence-electron chi connectivity index (χ4n) is 4.77. The largest absolute Gasteiger partial charge is 0.490 e. The number of rotatable bonds is 11. The lowest BCUT2D eigenvalue weighted by molar-refractivity contribution is -0.136. The summed E-state index contributed by atoms with van der Waals surface area (Å²) in [6.07, 6.45) is 3.20. The molecule has 1 atom stereocenters. The smallest absolute Gasteiger partial charge is 0.337 e. The molecular weight excluding hydrogens is 664 g/mol. The molecule has 0 saturated heterocycles. The van der Waals surface area contributed by atoms with Gasteiger partial charge in [-0.25, -0.2) is 14.6 Å². The summed E-state index contributed by atoms with van der Waals surface area (Å²) in [6.45, 7) is 4.85. The van der Waals surface area contributed by atoms with E-state index in [0.29, 0.717) is 49.8 Å². The number of thiazole rings is 1. The van der Waals surface area contributed by atoms with Gasteiger partial charge in [-0.15, -0.1) is 0 Å². The van der Waals surface area contributed by atoms with Crippen LogP contribution in [0.5, 0.6) is 17.2 Å². The van der Waals surface area contributed by atoms with Crippen LogP contribution in [-0.2, 0) is 16.1 Å². The first-order valence-corrected chi connectivity index (χ1v) is 15.6. The van der Waals surface area contributed by atoms with Crippen molar-refractivity contribution in [1.82, 2.24) is 4.57 Å². The van der Waals surface area contributed by atoms with Crippen molar-refractivity contribution in [2.24, 2.45) is 4.99 Å². The van der Waals surface area contributed by atoms with Crippen molar-refractivity contribution < 1.29 is 33.6 Å². The molecule has 5 rings (SSSR count). The molecular formula is C33H29BrN2O8S. The SMILES string of the molecule is CCOc1ccc([C@@H]2C(C(=O)OC)=CN=c3s/c(=C\c4ccc(OCc5ccc(C(=O)O)cc5)c(Br)c4)c(=O)n32)cc1OCC. The van der Waals surface area contributed by atoms with E-state index in [1.807, 2.05) is 26.0 Å². The third-order valence-corrected chi connectivity index (χ3v) is 8.47. The van der Waals surface area contributed by atoms with Crippen LogP contribution < -0.4 is 29.1 Å². The highest BCUT2D eigenvalue weighted by Gasteiger charge is 2.31. The predicted molar refractivity (Wildman–Crippen MR) is 172 cm³/mol. The minimum Gasteiger partial charge on any atom is -0.490 e. The Labute approximate surface area is 270 Å². The van der Waals surface area contributed by atoms with E-state index in [-0.39, 0.29) is 23.3 Å². The van der Waals surface area contributed by atoms with Gasteiger partial charge in [0.1, 0.15) is 12.4 Å². The number of halogens is 1. The Morgan fingerprint density at radius 2 is 1.69 bits per heavy atom. The molecule has 0 saturated carbocycles. The standard InChI is InChI=1S/C33H29BrN2O8S/c1-4-42-26-13-11-22(16-27(26)43-5-2)29-23(32(40)41-3)17-35-33-36(29)30(37)28(45-33)15-20-8-12-25(24(34)14-20)44-18-19-6-9-21(10-7-19)31(38)39/h6-17,29H,4-5,18H2,1-3H3,(H,38,39)/b28-15-/t29-/m1/s1. The van der Waals surface area contributed by atoms with Gasteiger partial charge in [0.2, 0.25) is 0 Å². The van der Waals surface area contributed by atoms with Crippen LogP contribution in [0, 0.1) is 0 Å². The number of hydrogen-bond acceptors (Lipinski definition) is 9. The predicted octanol–water partition coefficient (Wildman–Crippen LogP) is 4.86. The van der Waals surface area contributed by atoms with Gasteiger partial charge in [-0.05, 0) is 88.9 Å². The lowest BCUT2D eigenvalue weighted by Crippen LogP contribution is -2.39. The number of carboxylic acids is 1. The van der Waals surface area contributed by atoms with Gasteiger partial charge in [0.25, 0.3) is 5.56 Å². The first-order chi connectivity index (χ1) is 21.7. The zero-order valence-electron chi connectivity index (χ0n) is 24.6. The van der Waals surface area contributed by atoms with Crippen LogP contribution in [0.3, 0.4) is 0 Å². The molecule has 0 radical (unpaired) electrons. The summed E-state index contributed by atoms with van der Waals surface area (Å²) in [5, 5.41) is 9.08. The summed E-state index contributed by atoms with van der Waals surface area (Å²) in [7, 11) is 1.29. The molecule has 4 aromatic rings. The van der Waals surface area contributed by atoms with Crippen molar-refractivity contribution >= 4 is 45.3 Å². The molecule has 0 bridgehead atoms. The second-order valence-electron chi connectivity index (χ2n) is 9.73. The molecule has 10 nitrogen and oxygen atoms in total. The number of esters is 1. The number of aromatic carboxylic acids is 1. The summed E-state index contributed by atoms with van der Waals surface area (Å²) < 4.78 is 25.1. The average molecular weight is 694 g/mol. The number of carboxylic acid groups (broad SMARTS) is 1. The zero-order valence-corrected chi connectivity index (χ0v) is 27.0. The van der Waals surface area contributed by atoms with Gasteiger partial charge in [-0.1, -0.05) is 35.6 Å². The number of methoxy groups -OCH3 is 1. The van der Waals surface area contributed by atoms with Crippen molar-refractivity contribution in [2.45, 2.75) is 26.5 Å². The highest BCUT2D eigenvalue weighted by atomic mass is 79.9. The highest BCUT2D eigenvalue weighted by molar-refractivity contribution is 9.10. The Bertz CT molecular complexity index is 1960. The third kappa shape index (κ3) is 6.86. The van der Waals surface area contributed by atoms with Gasteiger partial charge < -0.3 is 24.1 Å². The van der Waals surface area contributed by atoms with Gasteiger partial charge in [0, 0.05) is 6.20 Å². The van der Waals surface area contributed by atoms with Gasteiger partial charge in [-0.2, -0.15) is 0 Å². The molecule has 2 heterocycles. The molecule has 232 valence electrons. The second-order valence-corrected chi connectivity index (χ2v) is 11.6. The minimum absolute atomic E-state index is 0.206. The minimum atomic E-state index is -0.987. The van der Waals surface area contributed by atoms with Gasteiger partial charge in [0.05, 0.1) is 46.5 Å². The number of nitrogens with zero attached hydrogens (tertiary/aromatic N) is 2. The highest BCUT2D eigenvalue weighted by Crippen LogP contribution is 2.35. The Morgan fingerprint density at radius 3 is 2.36 bits per heavy atom. The van der Waals surface area contributed by atoms with Crippen LogP contribution >= 0.6 is 27.3 Å². The van der Waals surface area contributed by atoms with Crippen molar-refractivity contribution in [2.75, 3.05) is 20.3 Å². The summed E-state index contributed by atoms with van der Waals surface area (Å²) in [6, 6.07) is 16.4. The summed E-state index contributed by atoms with van der Waals surface area (Å²) in [5.74, 6) is 0.0683. The maximum Gasteiger partial charge on any atom is 0.337 e. The molecule has 1 aliphatic rings.